The van der Waals surface area contributed by atoms with Crippen LogP contribution < -0.4 is 5.73 Å². The van der Waals surface area contributed by atoms with E-state index >= 15 is 0 Å². The number of aromatic nitrogens is 1. The highest BCUT2D eigenvalue weighted by Gasteiger charge is 2.26. The van der Waals surface area contributed by atoms with Gasteiger partial charge in [-0.2, -0.15) is 0 Å². The number of rotatable bonds is 3. The van der Waals surface area contributed by atoms with Crippen molar-refractivity contribution in [2.24, 2.45) is 0 Å². The van der Waals surface area contributed by atoms with E-state index in [0.717, 1.165) is 52.7 Å². The molecule has 2 aromatic heterocycles. The normalized spacial score (nSPS) is 13.6. The Bertz CT molecular complexity index is 995. The minimum atomic E-state index is -0.381. The van der Waals surface area contributed by atoms with Gasteiger partial charge in [-0.3, -0.25) is 0 Å². The van der Waals surface area contributed by atoms with Gasteiger partial charge in [0.2, 0.25) is 0 Å². The third-order valence-corrected chi connectivity index (χ3v) is 6.08. The fourth-order valence-corrected chi connectivity index (χ4v) is 4.73. The highest BCUT2D eigenvalue weighted by molar-refractivity contribution is 7.21. The van der Waals surface area contributed by atoms with E-state index in [2.05, 4.69) is 0 Å². The zero-order valence-corrected chi connectivity index (χ0v) is 16.0. The van der Waals surface area contributed by atoms with Crippen LogP contribution in [-0.4, -0.2) is 17.6 Å². The number of anilines is 1. The van der Waals surface area contributed by atoms with Crippen molar-refractivity contribution >= 4 is 44.8 Å². The maximum absolute atomic E-state index is 12.3. The molecule has 0 spiro atoms. The molecule has 0 unspecified atom stereocenters. The number of fused-ring (bicyclic) bond motifs is 2. The molecule has 4 rings (SSSR count). The predicted molar refractivity (Wildman–Crippen MR) is 107 cm³/mol. The Morgan fingerprint density at radius 2 is 2.00 bits per heavy atom. The van der Waals surface area contributed by atoms with Crippen molar-refractivity contribution in [2.45, 2.75) is 32.6 Å². The molecular weight excluding hydrogens is 368 g/mol. The first-order valence-corrected chi connectivity index (χ1v) is 9.96. The molecule has 0 saturated carbocycles. The smallest absolute Gasteiger partial charge is 0.350 e. The van der Waals surface area contributed by atoms with Crippen molar-refractivity contribution in [3.63, 3.8) is 0 Å². The number of aryl methyl sites for hydroxylation is 1. The number of carbonyl (C=O) groups is 1. The van der Waals surface area contributed by atoms with E-state index in [1.807, 2.05) is 24.3 Å². The number of thiophene rings is 1. The molecule has 134 valence electrons. The molecule has 0 atom stereocenters. The molecule has 0 amide bonds. The van der Waals surface area contributed by atoms with Gasteiger partial charge in [0.15, 0.2) is 0 Å². The first kappa shape index (κ1) is 17.3. The molecular formula is C20H19ClN2O2S. The number of esters is 1. The summed E-state index contributed by atoms with van der Waals surface area (Å²) in [5.41, 5.74) is 11.4. The number of hydrogen-bond acceptors (Lipinski definition) is 5. The van der Waals surface area contributed by atoms with Crippen LogP contribution >= 0.6 is 22.9 Å². The Morgan fingerprint density at radius 1 is 1.27 bits per heavy atom. The number of ether oxygens (including phenoxy) is 1. The van der Waals surface area contributed by atoms with Gasteiger partial charge in [0.25, 0.3) is 0 Å². The van der Waals surface area contributed by atoms with Crippen LogP contribution in [0.5, 0.6) is 0 Å². The molecule has 0 aliphatic heterocycles. The lowest BCUT2D eigenvalue weighted by Crippen LogP contribution is -2.08. The molecule has 2 N–H and O–H groups in total. The van der Waals surface area contributed by atoms with Gasteiger partial charge in [0.1, 0.15) is 9.71 Å². The lowest BCUT2D eigenvalue weighted by molar-refractivity contribution is 0.0533. The van der Waals surface area contributed by atoms with E-state index < -0.39 is 0 Å². The maximum Gasteiger partial charge on any atom is 0.350 e. The summed E-state index contributed by atoms with van der Waals surface area (Å²) in [6, 6.07) is 7.78. The quantitative estimate of drug-likeness (QED) is 0.624. The standard InChI is InChI=1S/C20H19ClN2O2S/c1-2-25-20(24)18-17(22)16-15(11-7-9-12(21)10-8-11)13-5-3-4-6-14(13)23-19(16)26-18/h7-10H,2-6,22H2,1H3. The third-order valence-electron chi connectivity index (χ3n) is 4.75. The molecule has 4 nitrogen and oxygen atoms in total. The highest BCUT2D eigenvalue weighted by Crippen LogP contribution is 2.44. The van der Waals surface area contributed by atoms with E-state index in [9.17, 15) is 4.79 Å². The van der Waals surface area contributed by atoms with Crippen LogP contribution in [-0.2, 0) is 17.6 Å². The SMILES string of the molecule is CCOC(=O)c1sc2nc3c(c(-c4ccc(Cl)cc4)c2c1N)CCCC3. The molecule has 0 radical (unpaired) electrons. The minimum absolute atomic E-state index is 0.320. The number of hydrogen-bond donors (Lipinski definition) is 1. The Kier molecular flexibility index (Phi) is 4.59. The summed E-state index contributed by atoms with van der Waals surface area (Å²) in [5.74, 6) is -0.381. The zero-order valence-electron chi connectivity index (χ0n) is 14.5. The molecule has 0 saturated heterocycles. The summed E-state index contributed by atoms with van der Waals surface area (Å²) in [5, 5.41) is 1.56. The number of nitrogens with two attached hydrogens (primary N) is 1. The Balaban J connectivity index is 2.03. The molecule has 1 aliphatic carbocycles. The average molecular weight is 387 g/mol. The molecule has 6 heteroatoms. The molecule has 2 heterocycles. The van der Waals surface area contributed by atoms with Crippen molar-refractivity contribution in [1.29, 1.82) is 0 Å². The lowest BCUT2D eigenvalue weighted by atomic mass is 9.87. The van der Waals surface area contributed by atoms with Gasteiger partial charge >= 0.3 is 5.97 Å². The van der Waals surface area contributed by atoms with Gasteiger partial charge in [-0.25, -0.2) is 9.78 Å². The van der Waals surface area contributed by atoms with E-state index in [-0.39, 0.29) is 5.97 Å². The Labute approximate surface area is 160 Å². The van der Waals surface area contributed by atoms with E-state index in [4.69, 9.17) is 27.1 Å². The first-order chi connectivity index (χ1) is 12.6. The number of benzene rings is 1. The summed E-state index contributed by atoms with van der Waals surface area (Å²) < 4.78 is 5.17. The first-order valence-electron chi connectivity index (χ1n) is 8.77. The van der Waals surface area contributed by atoms with E-state index in [1.54, 1.807) is 6.92 Å². The fourth-order valence-electron chi connectivity index (χ4n) is 3.59. The van der Waals surface area contributed by atoms with Gasteiger partial charge in [-0.15, -0.1) is 11.3 Å². The molecule has 26 heavy (non-hydrogen) atoms. The van der Waals surface area contributed by atoms with Crippen LogP contribution in [0.25, 0.3) is 21.3 Å². The third kappa shape index (κ3) is 2.85. The fraction of sp³-hybridized carbons (Fsp3) is 0.300. The van der Waals surface area contributed by atoms with Crippen molar-refractivity contribution < 1.29 is 9.53 Å². The van der Waals surface area contributed by atoms with Gasteiger partial charge in [0, 0.05) is 16.1 Å². The number of nitrogen functional groups attached to an aromatic ring is 1. The van der Waals surface area contributed by atoms with Crippen molar-refractivity contribution in [3.05, 3.63) is 45.4 Å². The Morgan fingerprint density at radius 3 is 2.73 bits per heavy atom. The number of nitrogens with zero attached hydrogens (tertiary/aromatic N) is 1. The van der Waals surface area contributed by atoms with Crippen molar-refractivity contribution in [1.82, 2.24) is 4.98 Å². The number of pyridine rings is 1. The second kappa shape index (κ2) is 6.89. The summed E-state index contributed by atoms with van der Waals surface area (Å²) >= 11 is 7.40. The molecule has 0 bridgehead atoms. The van der Waals surface area contributed by atoms with Gasteiger partial charge in [0.05, 0.1) is 12.3 Å². The monoisotopic (exact) mass is 386 g/mol. The van der Waals surface area contributed by atoms with Crippen LogP contribution in [0.3, 0.4) is 0 Å². The number of halogens is 1. The summed E-state index contributed by atoms with van der Waals surface area (Å²) in [4.78, 5) is 18.4. The zero-order chi connectivity index (χ0) is 18.3. The van der Waals surface area contributed by atoms with Crippen molar-refractivity contribution in [2.75, 3.05) is 12.3 Å². The molecule has 3 aromatic rings. The lowest BCUT2D eigenvalue weighted by Gasteiger charge is -2.20. The minimum Gasteiger partial charge on any atom is -0.462 e. The topological polar surface area (TPSA) is 65.2 Å². The van der Waals surface area contributed by atoms with Crippen LogP contribution in [0.1, 0.15) is 40.7 Å². The molecule has 0 fully saturated rings. The Hall–Kier alpha value is -2.11. The van der Waals surface area contributed by atoms with Crippen LogP contribution in [0, 0.1) is 0 Å². The molecule has 1 aromatic carbocycles. The summed E-state index contributed by atoms with van der Waals surface area (Å²) in [6.07, 6.45) is 4.20. The second-order valence-electron chi connectivity index (χ2n) is 6.37. The molecule has 1 aliphatic rings. The van der Waals surface area contributed by atoms with Crippen molar-refractivity contribution in [3.8, 4) is 11.1 Å². The second-order valence-corrected chi connectivity index (χ2v) is 7.81. The number of carbonyl (C=O) groups excluding carboxylic acids is 1. The summed E-state index contributed by atoms with van der Waals surface area (Å²) in [6.45, 7) is 2.11. The highest BCUT2D eigenvalue weighted by atomic mass is 35.5. The van der Waals surface area contributed by atoms with Crippen LogP contribution in [0.15, 0.2) is 24.3 Å². The largest absolute Gasteiger partial charge is 0.462 e. The van der Waals surface area contributed by atoms with Gasteiger partial charge < -0.3 is 10.5 Å². The van der Waals surface area contributed by atoms with E-state index in [0.29, 0.717) is 22.2 Å². The maximum atomic E-state index is 12.3. The van der Waals surface area contributed by atoms with Crippen LogP contribution in [0.4, 0.5) is 5.69 Å². The van der Waals surface area contributed by atoms with Gasteiger partial charge in [-0.05, 0) is 61.4 Å². The van der Waals surface area contributed by atoms with Crippen LogP contribution in [0.2, 0.25) is 5.02 Å². The summed E-state index contributed by atoms with van der Waals surface area (Å²) in [7, 11) is 0. The predicted octanol–water partition coefficient (Wildman–Crippen LogP) is 5.25. The average Bonchev–Trinajstić information content (AvgIpc) is 2.97. The van der Waals surface area contributed by atoms with E-state index in [1.165, 1.54) is 16.9 Å². The van der Waals surface area contributed by atoms with Gasteiger partial charge in [-0.1, -0.05) is 23.7 Å².